The Hall–Kier alpha value is -2.90. The van der Waals surface area contributed by atoms with E-state index in [0.717, 1.165) is 30.7 Å². The quantitative estimate of drug-likeness (QED) is 0.447. The standard InChI is InChI=1S/C23H22ClN5O2/c1-14-22-26-19(12-29(22)13-21(24)25-14)18-9-15-4-5-16(10-20(15)31-23(18)30)28-8-7-27-6-2-3-17(27)11-28/h4-5,9-10,12-13,17H,2-3,6-8,11H2,1H3/t17-/m0/s1. The molecular formula is C23H22ClN5O2. The van der Waals surface area contributed by atoms with Gasteiger partial charge in [0.1, 0.15) is 10.7 Å². The summed E-state index contributed by atoms with van der Waals surface area (Å²) in [7, 11) is 0. The van der Waals surface area contributed by atoms with Crippen molar-refractivity contribution in [2.45, 2.75) is 25.8 Å². The fraction of sp³-hybridized carbons (Fsp3) is 0.348. The van der Waals surface area contributed by atoms with Crippen LogP contribution < -0.4 is 10.5 Å². The maximum Gasteiger partial charge on any atom is 0.345 e. The summed E-state index contributed by atoms with van der Waals surface area (Å²) in [6.45, 7) is 6.19. The molecule has 0 saturated carbocycles. The number of fused-ring (bicyclic) bond motifs is 3. The second-order valence-corrected chi connectivity index (χ2v) is 8.84. The highest BCUT2D eigenvalue weighted by Crippen LogP contribution is 2.29. The first kappa shape index (κ1) is 18.8. The van der Waals surface area contributed by atoms with E-state index in [2.05, 4.69) is 25.8 Å². The molecule has 0 spiro atoms. The smallest absolute Gasteiger partial charge is 0.345 e. The molecule has 1 aromatic carbocycles. The van der Waals surface area contributed by atoms with Crippen LogP contribution in [0.2, 0.25) is 5.15 Å². The van der Waals surface area contributed by atoms with E-state index in [4.69, 9.17) is 16.0 Å². The number of hydrogen-bond acceptors (Lipinski definition) is 6. The SMILES string of the molecule is Cc1nc(Cl)cn2cc(-c3cc4ccc(N5CCN6CCC[C@H]6C5)cc4oc3=O)nc12. The third kappa shape index (κ3) is 3.20. The second kappa shape index (κ2) is 7.07. The summed E-state index contributed by atoms with van der Waals surface area (Å²) in [5.41, 5.74) is 3.66. The van der Waals surface area contributed by atoms with Crippen LogP contribution in [0.3, 0.4) is 0 Å². The molecule has 7 nitrogen and oxygen atoms in total. The van der Waals surface area contributed by atoms with Gasteiger partial charge in [-0.25, -0.2) is 14.8 Å². The molecule has 6 rings (SSSR count). The third-order valence-electron chi connectivity index (χ3n) is 6.52. The fourth-order valence-corrected chi connectivity index (χ4v) is 5.18. The second-order valence-electron chi connectivity index (χ2n) is 8.45. The van der Waals surface area contributed by atoms with Crippen LogP contribution >= 0.6 is 11.6 Å². The van der Waals surface area contributed by atoms with Crippen LogP contribution in [0.15, 0.2) is 45.9 Å². The van der Waals surface area contributed by atoms with Gasteiger partial charge in [-0.2, -0.15) is 0 Å². The predicted molar refractivity (Wildman–Crippen MR) is 121 cm³/mol. The minimum Gasteiger partial charge on any atom is -0.422 e. The van der Waals surface area contributed by atoms with Crippen LogP contribution in [0, 0.1) is 6.92 Å². The van der Waals surface area contributed by atoms with Crippen LogP contribution in [0.5, 0.6) is 0 Å². The van der Waals surface area contributed by atoms with Gasteiger partial charge in [0.25, 0.3) is 0 Å². The Morgan fingerprint density at radius 3 is 2.94 bits per heavy atom. The average Bonchev–Trinajstić information content (AvgIpc) is 3.39. The Labute approximate surface area is 183 Å². The first-order valence-corrected chi connectivity index (χ1v) is 11.0. The summed E-state index contributed by atoms with van der Waals surface area (Å²) < 4.78 is 7.52. The van der Waals surface area contributed by atoms with E-state index in [-0.39, 0.29) is 0 Å². The highest BCUT2D eigenvalue weighted by atomic mass is 35.5. The molecule has 8 heteroatoms. The first-order valence-electron chi connectivity index (χ1n) is 10.6. The lowest BCUT2D eigenvalue weighted by molar-refractivity contribution is 0.231. The van der Waals surface area contributed by atoms with Gasteiger partial charge < -0.3 is 13.7 Å². The molecular weight excluding hydrogens is 414 g/mol. The number of nitrogens with zero attached hydrogens (tertiary/aromatic N) is 5. The lowest BCUT2D eigenvalue weighted by Gasteiger charge is -2.38. The molecule has 0 unspecified atom stereocenters. The summed E-state index contributed by atoms with van der Waals surface area (Å²) in [4.78, 5) is 26.6. The Morgan fingerprint density at radius 1 is 1.13 bits per heavy atom. The van der Waals surface area contributed by atoms with Crippen LogP contribution in [-0.2, 0) is 0 Å². The Morgan fingerprint density at radius 2 is 2.03 bits per heavy atom. The number of anilines is 1. The molecule has 0 aliphatic carbocycles. The molecule has 0 radical (unpaired) electrons. The van der Waals surface area contributed by atoms with Crippen LogP contribution in [0.25, 0.3) is 27.9 Å². The van der Waals surface area contributed by atoms with E-state index in [0.29, 0.717) is 39.4 Å². The fourth-order valence-electron chi connectivity index (χ4n) is 4.94. The van der Waals surface area contributed by atoms with Gasteiger partial charge in [0.05, 0.1) is 17.0 Å². The van der Waals surface area contributed by atoms with Crippen molar-refractivity contribution in [2.24, 2.45) is 0 Å². The molecule has 158 valence electrons. The zero-order chi connectivity index (χ0) is 21.1. The highest BCUT2D eigenvalue weighted by molar-refractivity contribution is 6.29. The van der Waals surface area contributed by atoms with Crippen LogP contribution in [-0.4, -0.2) is 51.5 Å². The number of aromatic nitrogens is 3. The van der Waals surface area contributed by atoms with Crippen molar-refractivity contribution >= 4 is 33.9 Å². The summed E-state index contributed by atoms with van der Waals surface area (Å²) in [5, 5.41) is 1.26. The molecule has 0 amide bonds. The normalized spacial score (nSPS) is 19.4. The minimum atomic E-state index is -0.398. The molecule has 2 aliphatic heterocycles. The van der Waals surface area contributed by atoms with E-state index in [1.807, 2.05) is 25.1 Å². The van der Waals surface area contributed by atoms with Crippen molar-refractivity contribution in [3.63, 3.8) is 0 Å². The summed E-state index contributed by atoms with van der Waals surface area (Å²) in [5.74, 6) is 0. The number of benzene rings is 1. The molecule has 0 bridgehead atoms. The summed E-state index contributed by atoms with van der Waals surface area (Å²) >= 11 is 6.05. The minimum absolute atomic E-state index is 0.380. The van der Waals surface area contributed by atoms with Crippen molar-refractivity contribution in [3.05, 3.63) is 57.9 Å². The molecule has 4 aromatic rings. The van der Waals surface area contributed by atoms with E-state index in [1.54, 1.807) is 16.8 Å². The summed E-state index contributed by atoms with van der Waals surface area (Å²) in [6, 6.07) is 8.63. The zero-order valence-electron chi connectivity index (χ0n) is 17.2. The number of halogens is 1. The van der Waals surface area contributed by atoms with Crippen molar-refractivity contribution in [1.82, 2.24) is 19.3 Å². The monoisotopic (exact) mass is 435 g/mol. The van der Waals surface area contributed by atoms with Crippen molar-refractivity contribution in [2.75, 3.05) is 31.1 Å². The molecule has 2 fully saturated rings. The third-order valence-corrected chi connectivity index (χ3v) is 6.71. The molecule has 2 aliphatic rings. The van der Waals surface area contributed by atoms with Gasteiger partial charge in [0, 0.05) is 55.2 Å². The van der Waals surface area contributed by atoms with Gasteiger partial charge >= 0.3 is 5.63 Å². The average molecular weight is 436 g/mol. The highest BCUT2D eigenvalue weighted by Gasteiger charge is 2.30. The Bertz CT molecular complexity index is 1380. The lowest BCUT2D eigenvalue weighted by atomic mass is 10.1. The van der Waals surface area contributed by atoms with E-state index >= 15 is 0 Å². The Kier molecular flexibility index (Phi) is 4.30. The molecule has 5 heterocycles. The maximum absolute atomic E-state index is 12.8. The van der Waals surface area contributed by atoms with Gasteiger partial charge in [-0.05, 0) is 44.5 Å². The topological polar surface area (TPSA) is 66.9 Å². The van der Waals surface area contributed by atoms with Gasteiger partial charge in [0.2, 0.25) is 0 Å². The van der Waals surface area contributed by atoms with E-state index in [9.17, 15) is 4.79 Å². The molecule has 1 atom stereocenters. The number of aryl methyl sites for hydroxylation is 1. The number of imidazole rings is 1. The zero-order valence-corrected chi connectivity index (χ0v) is 18.0. The summed E-state index contributed by atoms with van der Waals surface area (Å²) in [6.07, 6.45) is 6.02. The molecule has 0 N–H and O–H groups in total. The van der Waals surface area contributed by atoms with E-state index < -0.39 is 5.63 Å². The Balaban J connectivity index is 1.37. The van der Waals surface area contributed by atoms with E-state index in [1.165, 1.54) is 19.4 Å². The van der Waals surface area contributed by atoms with Crippen molar-refractivity contribution in [1.29, 1.82) is 0 Å². The number of rotatable bonds is 2. The first-order chi connectivity index (χ1) is 15.0. The van der Waals surface area contributed by atoms with Gasteiger partial charge in [-0.1, -0.05) is 11.6 Å². The molecule has 3 aromatic heterocycles. The van der Waals surface area contributed by atoms with Gasteiger partial charge in [-0.15, -0.1) is 0 Å². The number of piperazine rings is 1. The van der Waals surface area contributed by atoms with Crippen LogP contribution in [0.4, 0.5) is 5.69 Å². The van der Waals surface area contributed by atoms with Gasteiger partial charge in [-0.3, -0.25) is 4.90 Å². The number of hydrogen-bond donors (Lipinski definition) is 0. The van der Waals surface area contributed by atoms with Crippen LogP contribution in [0.1, 0.15) is 18.5 Å². The molecule has 2 saturated heterocycles. The predicted octanol–water partition coefficient (Wildman–Crippen LogP) is 3.75. The lowest BCUT2D eigenvalue weighted by Crippen LogP contribution is -2.50. The van der Waals surface area contributed by atoms with Crippen molar-refractivity contribution < 1.29 is 4.42 Å². The largest absolute Gasteiger partial charge is 0.422 e. The van der Waals surface area contributed by atoms with Crippen molar-refractivity contribution in [3.8, 4) is 11.3 Å². The maximum atomic E-state index is 12.8. The van der Waals surface area contributed by atoms with Gasteiger partial charge in [0.15, 0.2) is 5.65 Å². The molecule has 31 heavy (non-hydrogen) atoms.